The number of carbonyl (C=O) groups excluding carboxylic acids is 1. The summed E-state index contributed by atoms with van der Waals surface area (Å²) in [5.41, 5.74) is 3.29. The third-order valence-electron chi connectivity index (χ3n) is 5.98. The molecule has 3 aliphatic rings. The number of allylic oxidation sites excluding steroid dienone is 1. The number of ketones is 1. The van der Waals surface area contributed by atoms with Crippen molar-refractivity contribution in [3.63, 3.8) is 0 Å². The van der Waals surface area contributed by atoms with Crippen molar-refractivity contribution in [3.8, 4) is 11.5 Å². The maximum atomic E-state index is 13.1. The van der Waals surface area contributed by atoms with E-state index in [2.05, 4.69) is 4.90 Å². The Labute approximate surface area is 169 Å². The molecule has 0 saturated heterocycles. The van der Waals surface area contributed by atoms with Gasteiger partial charge in [-0.15, -0.1) is 0 Å². The summed E-state index contributed by atoms with van der Waals surface area (Å²) in [6.07, 6.45) is 6.71. The topological polar surface area (TPSA) is 38.8 Å². The van der Waals surface area contributed by atoms with Crippen LogP contribution in [0.5, 0.6) is 11.5 Å². The summed E-state index contributed by atoms with van der Waals surface area (Å²) < 4.78 is 12.2. The van der Waals surface area contributed by atoms with Crippen molar-refractivity contribution in [1.29, 1.82) is 0 Å². The monoisotopic (exact) mass is 395 g/mol. The lowest BCUT2D eigenvalue weighted by atomic mass is 9.98. The highest BCUT2D eigenvalue weighted by atomic mass is 35.5. The molecule has 0 unspecified atom stereocenters. The molecule has 0 bridgehead atoms. The van der Waals surface area contributed by atoms with Crippen LogP contribution in [-0.2, 0) is 6.54 Å². The van der Waals surface area contributed by atoms with E-state index >= 15 is 0 Å². The smallest absolute Gasteiger partial charge is 0.232 e. The lowest BCUT2D eigenvalue weighted by Crippen LogP contribution is -2.39. The number of benzene rings is 2. The van der Waals surface area contributed by atoms with Crippen LogP contribution in [0.4, 0.5) is 0 Å². The van der Waals surface area contributed by atoms with Crippen molar-refractivity contribution in [3.05, 3.63) is 63.4 Å². The van der Waals surface area contributed by atoms with E-state index in [0.717, 1.165) is 29.0 Å². The number of nitrogens with zero attached hydrogens (tertiary/aromatic N) is 1. The minimum absolute atomic E-state index is 0.0896. The first kappa shape index (κ1) is 17.8. The van der Waals surface area contributed by atoms with E-state index in [-0.39, 0.29) is 5.78 Å². The van der Waals surface area contributed by atoms with E-state index in [1.165, 1.54) is 25.7 Å². The van der Waals surface area contributed by atoms with Crippen LogP contribution in [0.2, 0.25) is 5.02 Å². The van der Waals surface area contributed by atoms with Crippen LogP contribution in [0.15, 0.2) is 36.1 Å². The molecule has 144 valence electrons. The minimum atomic E-state index is -0.0896. The number of Topliss-reactive ketones (excluding diaryl/α,β-unsaturated/α-hetero) is 1. The molecule has 2 aromatic carbocycles. The number of ether oxygens (including phenoxy) is 2. The zero-order valence-electron chi connectivity index (χ0n) is 15.8. The Hall–Kier alpha value is -2.30. The zero-order valence-corrected chi connectivity index (χ0v) is 16.6. The zero-order chi connectivity index (χ0) is 19.3. The molecule has 0 atom stereocenters. The van der Waals surface area contributed by atoms with Crippen molar-refractivity contribution in [1.82, 2.24) is 4.90 Å². The number of fused-ring (bicyclic) bond motifs is 3. The van der Waals surface area contributed by atoms with Crippen LogP contribution in [-0.4, -0.2) is 23.5 Å². The minimum Gasteiger partial charge on any atom is -0.478 e. The van der Waals surface area contributed by atoms with E-state index < -0.39 is 0 Å². The molecule has 0 N–H and O–H groups in total. The number of hydrogen-bond acceptors (Lipinski definition) is 4. The van der Waals surface area contributed by atoms with Crippen molar-refractivity contribution in [2.75, 3.05) is 6.73 Å². The van der Waals surface area contributed by atoms with Gasteiger partial charge in [0.1, 0.15) is 18.2 Å². The fourth-order valence-electron chi connectivity index (χ4n) is 4.48. The average molecular weight is 396 g/mol. The number of rotatable bonds is 2. The lowest BCUT2D eigenvalue weighted by molar-refractivity contribution is 0.0567. The maximum absolute atomic E-state index is 13.1. The predicted octanol–water partition coefficient (Wildman–Crippen LogP) is 5.36. The van der Waals surface area contributed by atoms with Crippen molar-refractivity contribution in [2.45, 2.75) is 45.2 Å². The number of aryl methyl sites for hydroxylation is 1. The highest BCUT2D eigenvalue weighted by molar-refractivity contribution is 6.32. The van der Waals surface area contributed by atoms with Crippen LogP contribution in [0.3, 0.4) is 0 Å². The fraction of sp³-hybridized carbons (Fsp3) is 0.348. The van der Waals surface area contributed by atoms with Crippen molar-refractivity contribution < 1.29 is 14.3 Å². The normalized spacial score (nSPS) is 20.8. The Balaban J connectivity index is 1.53. The molecule has 2 heterocycles. The van der Waals surface area contributed by atoms with Gasteiger partial charge in [-0.1, -0.05) is 42.6 Å². The number of halogens is 1. The van der Waals surface area contributed by atoms with Gasteiger partial charge < -0.3 is 9.47 Å². The summed E-state index contributed by atoms with van der Waals surface area (Å²) in [4.78, 5) is 15.4. The molecule has 0 radical (unpaired) electrons. The first-order valence-corrected chi connectivity index (χ1v) is 10.2. The van der Waals surface area contributed by atoms with E-state index in [4.69, 9.17) is 21.1 Å². The molecule has 5 rings (SSSR count). The van der Waals surface area contributed by atoms with Gasteiger partial charge in [-0.3, -0.25) is 9.69 Å². The second kappa shape index (κ2) is 6.94. The molecule has 1 fully saturated rings. The highest BCUT2D eigenvalue weighted by Gasteiger charge is 2.37. The van der Waals surface area contributed by atoms with Gasteiger partial charge in [0, 0.05) is 17.6 Å². The first-order chi connectivity index (χ1) is 13.6. The summed E-state index contributed by atoms with van der Waals surface area (Å²) >= 11 is 6.26. The van der Waals surface area contributed by atoms with E-state index in [9.17, 15) is 4.79 Å². The van der Waals surface area contributed by atoms with Crippen LogP contribution in [0.1, 0.15) is 52.7 Å². The first-order valence-electron chi connectivity index (χ1n) is 9.84. The third kappa shape index (κ3) is 2.92. The second-order valence-electron chi connectivity index (χ2n) is 7.79. The van der Waals surface area contributed by atoms with Crippen LogP contribution in [0.25, 0.3) is 6.08 Å². The Bertz CT molecular complexity index is 992. The second-order valence-corrected chi connectivity index (χ2v) is 8.20. The van der Waals surface area contributed by atoms with Gasteiger partial charge in [0.05, 0.1) is 11.1 Å². The van der Waals surface area contributed by atoms with E-state index in [1.54, 1.807) is 12.1 Å². The summed E-state index contributed by atoms with van der Waals surface area (Å²) in [6, 6.07) is 9.97. The molecule has 5 heteroatoms. The molecular weight excluding hydrogens is 374 g/mol. The number of carbonyl (C=O) groups is 1. The molecule has 2 aliphatic heterocycles. The number of hydrogen-bond donors (Lipinski definition) is 0. The largest absolute Gasteiger partial charge is 0.478 e. The molecule has 0 aromatic heterocycles. The summed E-state index contributed by atoms with van der Waals surface area (Å²) in [7, 11) is 0. The molecule has 0 amide bonds. The SMILES string of the molecule is Cc1cc2c(c3c1C(=O)/C(=C/c1ccccc1Cl)O3)CN(C1CCCC1)CO2. The van der Waals surface area contributed by atoms with Gasteiger partial charge in [0.15, 0.2) is 5.76 Å². The standard InChI is InChI=1S/C23H22ClNO3/c1-14-10-19-17(12-25(13-27-19)16-7-3-4-8-16)23-21(14)22(26)20(28-23)11-15-6-2-5-9-18(15)24/h2,5-6,9-11,16H,3-4,7-8,12-13H2,1H3/b20-11-. The average Bonchev–Trinajstić information content (AvgIpc) is 3.33. The van der Waals surface area contributed by atoms with Crippen molar-refractivity contribution in [2.24, 2.45) is 0 Å². The molecule has 0 spiro atoms. The molecule has 1 aliphatic carbocycles. The summed E-state index contributed by atoms with van der Waals surface area (Å²) in [6.45, 7) is 3.30. The Morgan fingerprint density at radius 2 is 2.00 bits per heavy atom. The molecule has 2 aromatic rings. The molecule has 4 nitrogen and oxygen atoms in total. The van der Waals surface area contributed by atoms with E-state index in [1.807, 2.05) is 31.2 Å². The Morgan fingerprint density at radius 1 is 1.21 bits per heavy atom. The summed E-state index contributed by atoms with van der Waals surface area (Å²) in [5, 5.41) is 0.594. The third-order valence-corrected chi connectivity index (χ3v) is 6.33. The van der Waals surface area contributed by atoms with Gasteiger partial charge >= 0.3 is 0 Å². The predicted molar refractivity (Wildman–Crippen MR) is 109 cm³/mol. The van der Waals surface area contributed by atoms with Crippen molar-refractivity contribution >= 4 is 23.5 Å². The van der Waals surface area contributed by atoms with Gasteiger partial charge in [0.25, 0.3) is 0 Å². The van der Waals surface area contributed by atoms with Crippen LogP contribution in [0, 0.1) is 6.92 Å². The van der Waals surface area contributed by atoms with Gasteiger partial charge in [-0.25, -0.2) is 0 Å². The van der Waals surface area contributed by atoms with Crippen LogP contribution >= 0.6 is 11.6 Å². The van der Waals surface area contributed by atoms with Crippen LogP contribution < -0.4 is 9.47 Å². The molecular formula is C23H22ClNO3. The lowest BCUT2D eigenvalue weighted by Gasteiger charge is -2.34. The Kier molecular flexibility index (Phi) is 4.41. The van der Waals surface area contributed by atoms with Gasteiger partial charge in [0.2, 0.25) is 5.78 Å². The van der Waals surface area contributed by atoms with Gasteiger partial charge in [-0.05, 0) is 49.1 Å². The quantitative estimate of drug-likeness (QED) is 0.642. The van der Waals surface area contributed by atoms with Gasteiger partial charge in [-0.2, -0.15) is 0 Å². The molecule has 28 heavy (non-hydrogen) atoms. The highest BCUT2D eigenvalue weighted by Crippen LogP contribution is 2.45. The molecule has 1 saturated carbocycles. The fourth-order valence-corrected chi connectivity index (χ4v) is 4.67. The summed E-state index contributed by atoms with van der Waals surface area (Å²) in [5.74, 6) is 1.71. The Morgan fingerprint density at radius 3 is 2.79 bits per heavy atom. The maximum Gasteiger partial charge on any atom is 0.232 e. The van der Waals surface area contributed by atoms with E-state index in [0.29, 0.717) is 34.9 Å².